The van der Waals surface area contributed by atoms with Crippen LogP contribution in [0.5, 0.6) is 0 Å². The number of rotatable bonds is 8. The van der Waals surface area contributed by atoms with Crippen molar-refractivity contribution < 1.29 is 9.53 Å². The zero-order valence-corrected chi connectivity index (χ0v) is 11.9. The van der Waals surface area contributed by atoms with Crippen LogP contribution in [0.2, 0.25) is 0 Å². The summed E-state index contributed by atoms with van der Waals surface area (Å²) in [5, 5.41) is 0. The van der Waals surface area contributed by atoms with Gasteiger partial charge in [-0.25, -0.2) is 0 Å². The Bertz CT molecular complexity index is 221. The van der Waals surface area contributed by atoms with Gasteiger partial charge in [0.2, 0.25) is 5.91 Å². The molecule has 4 nitrogen and oxygen atoms in total. The maximum absolute atomic E-state index is 12.2. The van der Waals surface area contributed by atoms with Gasteiger partial charge in [0.25, 0.3) is 0 Å². The second-order valence-corrected chi connectivity index (χ2v) is 4.98. The summed E-state index contributed by atoms with van der Waals surface area (Å²) < 4.78 is 5.08. The molecule has 3 unspecified atom stereocenters. The molecule has 0 fully saturated rings. The molecule has 0 aromatic heterocycles. The van der Waals surface area contributed by atoms with Gasteiger partial charge in [-0.1, -0.05) is 34.1 Å². The first-order valence-corrected chi connectivity index (χ1v) is 6.45. The minimum Gasteiger partial charge on any atom is -0.384 e. The van der Waals surface area contributed by atoms with E-state index in [9.17, 15) is 4.79 Å². The van der Waals surface area contributed by atoms with E-state index in [-0.39, 0.29) is 18.5 Å². The molecule has 0 saturated heterocycles. The van der Waals surface area contributed by atoms with Crippen molar-refractivity contribution in [1.82, 2.24) is 4.90 Å². The minimum absolute atomic E-state index is 0.0401. The molecule has 0 aromatic rings. The number of hydrogen-bond acceptors (Lipinski definition) is 3. The number of carbonyl (C=O) groups is 1. The van der Waals surface area contributed by atoms with Crippen LogP contribution in [0.25, 0.3) is 0 Å². The second-order valence-electron chi connectivity index (χ2n) is 4.98. The van der Waals surface area contributed by atoms with E-state index in [1.54, 1.807) is 12.0 Å². The molecule has 0 aliphatic heterocycles. The van der Waals surface area contributed by atoms with Crippen LogP contribution in [0.4, 0.5) is 0 Å². The van der Waals surface area contributed by atoms with Crippen molar-refractivity contribution in [2.24, 2.45) is 23.5 Å². The van der Waals surface area contributed by atoms with Crippen LogP contribution in [0.3, 0.4) is 0 Å². The van der Waals surface area contributed by atoms with E-state index >= 15 is 0 Å². The molecule has 17 heavy (non-hydrogen) atoms. The molecule has 0 rings (SSSR count). The van der Waals surface area contributed by atoms with E-state index in [1.807, 2.05) is 6.92 Å². The Hall–Kier alpha value is -0.610. The highest BCUT2D eigenvalue weighted by molar-refractivity contribution is 5.78. The molecule has 0 saturated carbocycles. The standard InChI is InChI=1S/C13H28N2O2/c1-6-11(3)12(4)13(16)15(9-14)7-10(2)8-17-5/h10-12H,6-9,14H2,1-5H3. The molecule has 0 spiro atoms. The molecule has 102 valence electrons. The highest BCUT2D eigenvalue weighted by Crippen LogP contribution is 2.17. The SMILES string of the molecule is CCC(C)C(C)C(=O)N(CN)CC(C)COC. The maximum Gasteiger partial charge on any atom is 0.226 e. The lowest BCUT2D eigenvalue weighted by Crippen LogP contribution is -2.43. The van der Waals surface area contributed by atoms with Gasteiger partial charge in [0.05, 0.1) is 13.3 Å². The van der Waals surface area contributed by atoms with E-state index < -0.39 is 0 Å². The molecule has 3 atom stereocenters. The molecular formula is C13H28N2O2. The molecular weight excluding hydrogens is 216 g/mol. The first-order valence-electron chi connectivity index (χ1n) is 6.45. The molecule has 1 amide bonds. The van der Waals surface area contributed by atoms with Gasteiger partial charge >= 0.3 is 0 Å². The summed E-state index contributed by atoms with van der Waals surface area (Å²) in [7, 11) is 1.67. The Morgan fingerprint density at radius 1 is 1.35 bits per heavy atom. The molecule has 4 heteroatoms. The van der Waals surface area contributed by atoms with Crippen LogP contribution < -0.4 is 5.73 Å². The van der Waals surface area contributed by atoms with Crippen molar-refractivity contribution in [3.63, 3.8) is 0 Å². The fraction of sp³-hybridized carbons (Fsp3) is 0.923. The first-order chi connectivity index (χ1) is 7.97. The number of hydrogen-bond donors (Lipinski definition) is 1. The van der Waals surface area contributed by atoms with E-state index in [1.165, 1.54) is 0 Å². The van der Waals surface area contributed by atoms with Crippen LogP contribution in [0.15, 0.2) is 0 Å². The number of amides is 1. The number of ether oxygens (including phenoxy) is 1. The second kappa shape index (κ2) is 8.48. The van der Waals surface area contributed by atoms with Gasteiger partial charge < -0.3 is 15.4 Å². The van der Waals surface area contributed by atoms with Gasteiger partial charge in [-0.05, 0) is 11.8 Å². The lowest BCUT2D eigenvalue weighted by Gasteiger charge is -2.29. The normalized spacial score (nSPS) is 16.4. The molecule has 0 aromatic carbocycles. The van der Waals surface area contributed by atoms with Crippen LogP contribution in [-0.4, -0.2) is 37.7 Å². The third kappa shape index (κ3) is 5.50. The Labute approximate surface area is 105 Å². The number of carbonyl (C=O) groups excluding carboxylic acids is 1. The monoisotopic (exact) mass is 244 g/mol. The summed E-state index contributed by atoms with van der Waals surface area (Å²) >= 11 is 0. The zero-order valence-electron chi connectivity index (χ0n) is 11.9. The topological polar surface area (TPSA) is 55.6 Å². The Morgan fingerprint density at radius 3 is 2.35 bits per heavy atom. The van der Waals surface area contributed by atoms with Crippen molar-refractivity contribution in [2.45, 2.75) is 34.1 Å². The summed E-state index contributed by atoms with van der Waals surface area (Å²) in [4.78, 5) is 14.0. The summed E-state index contributed by atoms with van der Waals surface area (Å²) in [6.45, 7) is 9.87. The van der Waals surface area contributed by atoms with E-state index in [4.69, 9.17) is 10.5 Å². The van der Waals surface area contributed by atoms with Crippen molar-refractivity contribution in [2.75, 3.05) is 26.9 Å². The fourth-order valence-corrected chi connectivity index (χ4v) is 1.85. The Morgan fingerprint density at radius 2 is 1.94 bits per heavy atom. The predicted octanol–water partition coefficient (Wildman–Crippen LogP) is 1.70. The first kappa shape index (κ1) is 16.4. The van der Waals surface area contributed by atoms with Crippen LogP contribution >= 0.6 is 0 Å². The average molecular weight is 244 g/mol. The number of nitrogens with zero attached hydrogens (tertiary/aromatic N) is 1. The fourth-order valence-electron chi connectivity index (χ4n) is 1.85. The average Bonchev–Trinajstić information content (AvgIpc) is 2.33. The van der Waals surface area contributed by atoms with Gasteiger partial charge in [0.15, 0.2) is 0 Å². The van der Waals surface area contributed by atoms with Gasteiger partial charge in [-0.3, -0.25) is 4.79 Å². The minimum atomic E-state index is 0.0401. The van der Waals surface area contributed by atoms with Crippen molar-refractivity contribution in [3.8, 4) is 0 Å². The molecule has 0 bridgehead atoms. The number of methoxy groups -OCH3 is 1. The Kier molecular flexibility index (Phi) is 8.17. The van der Waals surface area contributed by atoms with E-state index in [2.05, 4.69) is 20.8 Å². The summed E-state index contributed by atoms with van der Waals surface area (Å²) in [5.74, 6) is 0.911. The number of nitrogens with two attached hydrogens (primary N) is 1. The van der Waals surface area contributed by atoms with Gasteiger partial charge in [-0.15, -0.1) is 0 Å². The summed E-state index contributed by atoms with van der Waals surface area (Å²) in [6.07, 6.45) is 1.01. The van der Waals surface area contributed by atoms with Gasteiger partial charge in [0, 0.05) is 19.6 Å². The van der Waals surface area contributed by atoms with Crippen molar-refractivity contribution in [3.05, 3.63) is 0 Å². The third-order valence-corrected chi connectivity index (χ3v) is 3.40. The third-order valence-electron chi connectivity index (χ3n) is 3.40. The summed E-state index contributed by atoms with van der Waals surface area (Å²) in [5.41, 5.74) is 5.66. The largest absolute Gasteiger partial charge is 0.384 e. The molecule has 0 radical (unpaired) electrons. The lowest BCUT2D eigenvalue weighted by molar-refractivity contribution is -0.137. The Balaban J connectivity index is 4.39. The molecule has 2 N–H and O–H groups in total. The van der Waals surface area contributed by atoms with E-state index in [0.29, 0.717) is 25.0 Å². The predicted molar refractivity (Wildman–Crippen MR) is 70.4 cm³/mol. The molecule has 0 aliphatic carbocycles. The lowest BCUT2D eigenvalue weighted by atomic mass is 9.92. The molecule has 0 aliphatic rings. The van der Waals surface area contributed by atoms with Gasteiger partial charge in [-0.2, -0.15) is 0 Å². The molecule has 0 heterocycles. The summed E-state index contributed by atoms with van der Waals surface area (Å²) in [6, 6.07) is 0. The van der Waals surface area contributed by atoms with E-state index in [0.717, 1.165) is 6.42 Å². The quantitative estimate of drug-likeness (QED) is 0.661. The van der Waals surface area contributed by atoms with Crippen molar-refractivity contribution >= 4 is 5.91 Å². The highest BCUT2D eigenvalue weighted by Gasteiger charge is 2.24. The van der Waals surface area contributed by atoms with Crippen LogP contribution in [0, 0.1) is 17.8 Å². The smallest absolute Gasteiger partial charge is 0.226 e. The van der Waals surface area contributed by atoms with Crippen molar-refractivity contribution in [1.29, 1.82) is 0 Å². The highest BCUT2D eigenvalue weighted by atomic mass is 16.5. The zero-order chi connectivity index (χ0) is 13.4. The van der Waals surface area contributed by atoms with Crippen LogP contribution in [-0.2, 0) is 9.53 Å². The van der Waals surface area contributed by atoms with Gasteiger partial charge in [0.1, 0.15) is 0 Å². The van der Waals surface area contributed by atoms with Crippen LogP contribution in [0.1, 0.15) is 34.1 Å². The maximum atomic E-state index is 12.2.